The zero-order valence-corrected chi connectivity index (χ0v) is 8.69. The molecule has 1 radical (unpaired) electrons. The summed E-state index contributed by atoms with van der Waals surface area (Å²) >= 11 is 1.84. The van der Waals surface area contributed by atoms with Gasteiger partial charge in [0.25, 0.3) is 0 Å². The van der Waals surface area contributed by atoms with Crippen LogP contribution in [0.4, 0.5) is 0 Å². The van der Waals surface area contributed by atoms with Gasteiger partial charge >= 0.3 is 0 Å². The van der Waals surface area contributed by atoms with Gasteiger partial charge in [-0.25, -0.2) is 0 Å². The third-order valence-corrected chi connectivity index (χ3v) is 3.57. The van der Waals surface area contributed by atoms with Crippen molar-refractivity contribution < 1.29 is 0 Å². The van der Waals surface area contributed by atoms with Crippen molar-refractivity contribution in [3.8, 4) is 0 Å². The molecule has 3 aromatic rings. The predicted molar refractivity (Wildman–Crippen MR) is 62.9 cm³/mol. The van der Waals surface area contributed by atoms with Gasteiger partial charge in [0.05, 0.1) is 0 Å². The van der Waals surface area contributed by atoms with E-state index in [0.717, 1.165) is 0 Å². The van der Waals surface area contributed by atoms with Crippen LogP contribution in [-0.2, 0) is 0 Å². The molecule has 14 heavy (non-hydrogen) atoms. The minimum absolute atomic E-state index is 1.21. The highest BCUT2D eigenvalue weighted by atomic mass is 32.1. The van der Waals surface area contributed by atoms with E-state index in [1.165, 1.54) is 25.7 Å². The number of hydrogen-bond acceptors (Lipinski definition) is 1. The normalized spacial score (nSPS) is 11.2. The molecule has 0 atom stereocenters. The molecule has 0 aliphatic carbocycles. The molecular weight excluding hydrogens is 188 g/mol. The lowest BCUT2D eigenvalue weighted by Gasteiger charge is -1.92. The molecule has 0 aliphatic heterocycles. The first-order valence-electron chi connectivity index (χ1n) is 4.65. The SMILES string of the molecule is Cc1[c]c2c(cc1)sc1ccccc12. The van der Waals surface area contributed by atoms with Crippen LogP contribution in [0.2, 0.25) is 0 Å². The van der Waals surface area contributed by atoms with E-state index in [2.05, 4.69) is 49.4 Å². The molecule has 0 nitrogen and oxygen atoms in total. The van der Waals surface area contributed by atoms with Crippen LogP contribution in [0, 0.1) is 13.0 Å². The Bertz CT molecular complexity index is 605. The van der Waals surface area contributed by atoms with Crippen LogP contribution in [0.25, 0.3) is 20.2 Å². The highest BCUT2D eigenvalue weighted by Crippen LogP contribution is 2.33. The molecule has 0 aliphatic rings. The van der Waals surface area contributed by atoms with Crippen LogP contribution in [0.5, 0.6) is 0 Å². The Kier molecular flexibility index (Phi) is 1.62. The molecule has 0 bridgehead atoms. The Morgan fingerprint density at radius 3 is 2.79 bits per heavy atom. The van der Waals surface area contributed by atoms with Crippen molar-refractivity contribution in [1.82, 2.24) is 0 Å². The second-order valence-electron chi connectivity index (χ2n) is 3.48. The molecule has 67 valence electrons. The molecule has 0 unspecified atom stereocenters. The topological polar surface area (TPSA) is 0 Å². The van der Waals surface area contributed by atoms with E-state index >= 15 is 0 Å². The van der Waals surface area contributed by atoms with Crippen molar-refractivity contribution in [2.75, 3.05) is 0 Å². The maximum atomic E-state index is 3.42. The zero-order chi connectivity index (χ0) is 9.54. The van der Waals surface area contributed by atoms with Gasteiger partial charge in [0.2, 0.25) is 0 Å². The molecule has 0 N–H and O–H groups in total. The number of thiophene rings is 1. The summed E-state index contributed by atoms with van der Waals surface area (Å²) in [7, 11) is 0. The molecule has 0 spiro atoms. The maximum Gasteiger partial charge on any atom is 0.0361 e. The predicted octanol–water partition coefficient (Wildman–Crippen LogP) is 4.16. The lowest BCUT2D eigenvalue weighted by molar-refractivity contribution is 1.51. The van der Waals surface area contributed by atoms with Gasteiger partial charge in [0.15, 0.2) is 0 Å². The number of benzene rings is 2. The standard InChI is InChI=1S/C13H9S/c1-9-6-7-13-11(8-9)10-4-2-3-5-12(10)14-13/h2-7H,1H3. The first-order chi connectivity index (χ1) is 6.84. The van der Waals surface area contributed by atoms with Crippen molar-refractivity contribution in [2.45, 2.75) is 6.92 Å². The fourth-order valence-corrected chi connectivity index (χ4v) is 2.81. The molecule has 1 heterocycles. The highest BCUT2D eigenvalue weighted by Gasteiger charge is 2.03. The van der Waals surface area contributed by atoms with Crippen molar-refractivity contribution in [3.63, 3.8) is 0 Å². The zero-order valence-electron chi connectivity index (χ0n) is 7.87. The summed E-state index contributed by atoms with van der Waals surface area (Å²) < 4.78 is 2.68. The Labute approximate surface area is 86.8 Å². The second kappa shape index (κ2) is 2.82. The average molecular weight is 197 g/mol. The van der Waals surface area contributed by atoms with Gasteiger partial charge in [-0.05, 0) is 30.7 Å². The molecule has 0 saturated heterocycles. The van der Waals surface area contributed by atoms with Gasteiger partial charge in [0.1, 0.15) is 0 Å². The molecule has 1 aromatic heterocycles. The van der Waals surface area contributed by atoms with Gasteiger partial charge in [-0.1, -0.05) is 24.3 Å². The summed E-state index contributed by atoms with van der Waals surface area (Å²) in [4.78, 5) is 0. The van der Waals surface area contributed by atoms with Crippen LogP contribution in [0.15, 0.2) is 36.4 Å². The Hall–Kier alpha value is -1.34. The van der Waals surface area contributed by atoms with Crippen molar-refractivity contribution in [1.29, 1.82) is 0 Å². The summed E-state index contributed by atoms with van der Waals surface area (Å²) in [6, 6.07) is 16.2. The number of rotatable bonds is 0. The van der Waals surface area contributed by atoms with Gasteiger partial charge < -0.3 is 0 Å². The van der Waals surface area contributed by atoms with Crippen LogP contribution >= 0.6 is 11.3 Å². The number of hydrogen-bond donors (Lipinski definition) is 0. The smallest absolute Gasteiger partial charge is 0.0361 e. The van der Waals surface area contributed by atoms with E-state index in [4.69, 9.17) is 0 Å². The van der Waals surface area contributed by atoms with Crippen molar-refractivity contribution in [3.05, 3.63) is 48.0 Å². The van der Waals surface area contributed by atoms with E-state index in [1.54, 1.807) is 0 Å². The molecule has 2 aromatic carbocycles. The largest absolute Gasteiger partial charge is 0.135 e. The highest BCUT2D eigenvalue weighted by molar-refractivity contribution is 7.25. The second-order valence-corrected chi connectivity index (χ2v) is 4.56. The lowest BCUT2D eigenvalue weighted by atomic mass is 10.1. The monoisotopic (exact) mass is 197 g/mol. The third kappa shape index (κ3) is 1.06. The number of aryl methyl sites for hydroxylation is 1. The summed E-state index contributed by atoms with van der Waals surface area (Å²) in [5.74, 6) is 0. The minimum Gasteiger partial charge on any atom is -0.135 e. The summed E-state index contributed by atoms with van der Waals surface area (Å²) in [5.41, 5.74) is 1.21. The Morgan fingerprint density at radius 2 is 1.86 bits per heavy atom. The summed E-state index contributed by atoms with van der Waals surface area (Å²) in [5, 5.41) is 2.60. The average Bonchev–Trinajstić information content (AvgIpc) is 2.56. The minimum atomic E-state index is 1.21. The van der Waals surface area contributed by atoms with Gasteiger partial charge in [-0.2, -0.15) is 0 Å². The van der Waals surface area contributed by atoms with Crippen molar-refractivity contribution >= 4 is 31.5 Å². The van der Waals surface area contributed by atoms with E-state index in [0.29, 0.717) is 0 Å². The van der Waals surface area contributed by atoms with E-state index in [9.17, 15) is 0 Å². The molecule has 3 rings (SSSR count). The maximum absolute atomic E-state index is 3.42. The number of fused-ring (bicyclic) bond motifs is 3. The molecular formula is C13H9S. The van der Waals surface area contributed by atoms with Gasteiger partial charge in [-0.3, -0.25) is 0 Å². The Balaban J connectivity index is 2.58. The Morgan fingerprint density at radius 1 is 1.00 bits per heavy atom. The molecule has 0 amide bonds. The van der Waals surface area contributed by atoms with Crippen LogP contribution < -0.4 is 0 Å². The van der Waals surface area contributed by atoms with Gasteiger partial charge in [-0.15, -0.1) is 11.3 Å². The molecule has 1 heteroatoms. The fourth-order valence-electron chi connectivity index (χ4n) is 1.75. The summed E-state index contributed by atoms with van der Waals surface area (Å²) in [6.45, 7) is 2.09. The van der Waals surface area contributed by atoms with Gasteiger partial charge in [0, 0.05) is 20.2 Å². The first-order valence-corrected chi connectivity index (χ1v) is 5.46. The van der Waals surface area contributed by atoms with Crippen LogP contribution in [0.1, 0.15) is 5.56 Å². The molecule has 0 saturated carbocycles. The quantitative estimate of drug-likeness (QED) is 0.507. The van der Waals surface area contributed by atoms with E-state index in [-0.39, 0.29) is 0 Å². The fraction of sp³-hybridized carbons (Fsp3) is 0.0769. The first kappa shape index (κ1) is 8.01. The van der Waals surface area contributed by atoms with Crippen molar-refractivity contribution in [2.24, 2.45) is 0 Å². The van der Waals surface area contributed by atoms with Crippen LogP contribution in [0.3, 0.4) is 0 Å². The summed E-state index contributed by atoms with van der Waals surface area (Å²) in [6.07, 6.45) is 0. The van der Waals surface area contributed by atoms with E-state index in [1.807, 2.05) is 11.3 Å². The third-order valence-electron chi connectivity index (χ3n) is 2.43. The lowest BCUT2D eigenvalue weighted by Crippen LogP contribution is -1.70. The molecule has 0 fully saturated rings. The van der Waals surface area contributed by atoms with E-state index < -0.39 is 0 Å². The van der Waals surface area contributed by atoms with Crippen LogP contribution in [-0.4, -0.2) is 0 Å².